The fourth-order valence-electron chi connectivity index (χ4n) is 3.30. The number of rotatable bonds is 7. The zero-order chi connectivity index (χ0) is 22.8. The maximum absolute atomic E-state index is 12.5. The molecule has 0 spiro atoms. The highest BCUT2D eigenvalue weighted by Gasteiger charge is 2.30. The van der Waals surface area contributed by atoms with E-state index in [0.717, 1.165) is 12.8 Å². The number of hydrogen-bond donors (Lipinski definition) is 4. The monoisotopic (exact) mass is 436 g/mol. The Labute approximate surface area is 184 Å². The molecule has 2 aromatic heterocycles. The summed E-state index contributed by atoms with van der Waals surface area (Å²) in [4.78, 5) is 33.2. The Kier molecular flexibility index (Phi) is 5.63. The first-order valence-electron chi connectivity index (χ1n) is 10.0. The van der Waals surface area contributed by atoms with Crippen molar-refractivity contribution in [3.63, 3.8) is 0 Å². The van der Waals surface area contributed by atoms with Crippen molar-refractivity contribution in [2.45, 2.75) is 12.8 Å². The lowest BCUT2D eigenvalue weighted by molar-refractivity contribution is -0.117. The van der Waals surface area contributed by atoms with Crippen molar-refractivity contribution < 1.29 is 14.3 Å². The molecule has 0 saturated heterocycles. The summed E-state index contributed by atoms with van der Waals surface area (Å²) >= 11 is 0. The van der Waals surface area contributed by atoms with Gasteiger partial charge in [-0.1, -0.05) is 6.07 Å². The number of nitrogens with zero attached hydrogens (tertiary/aromatic N) is 4. The molecule has 2 heterocycles. The van der Waals surface area contributed by atoms with Gasteiger partial charge in [0.25, 0.3) is 5.91 Å². The van der Waals surface area contributed by atoms with Gasteiger partial charge < -0.3 is 26.4 Å². The largest absolute Gasteiger partial charge is 0.494 e. The first kappa shape index (κ1) is 21.1. The number of nitrogens with one attached hydrogen (secondary N) is 3. The summed E-state index contributed by atoms with van der Waals surface area (Å²) in [5.74, 6) is 0.691. The quantitative estimate of drug-likeness (QED) is 0.439. The number of carbonyl (C=O) groups excluding carboxylic acids is 2. The van der Waals surface area contributed by atoms with Gasteiger partial charge in [0.15, 0.2) is 11.6 Å². The third kappa shape index (κ3) is 4.17. The minimum atomic E-state index is -0.418. The van der Waals surface area contributed by atoms with Crippen LogP contribution in [0, 0.1) is 5.92 Å². The van der Waals surface area contributed by atoms with E-state index < -0.39 is 5.91 Å². The number of hydrogen-bond acceptors (Lipinski definition) is 8. The number of pyridine rings is 1. The van der Waals surface area contributed by atoms with Crippen LogP contribution in [0.2, 0.25) is 0 Å². The molecular formula is C21H24N8O3. The highest BCUT2D eigenvalue weighted by atomic mass is 16.5. The second kappa shape index (κ2) is 8.53. The summed E-state index contributed by atoms with van der Waals surface area (Å²) in [6.45, 7) is 0. The molecule has 1 aliphatic carbocycles. The Bertz CT molecular complexity index is 1190. The van der Waals surface area contributed by atoms with Gasteiger partial charge in [0.2, 0.25) is 5.91 Å². The van der Waals surface area contributed by atoms with Crippen LogP contribution in [0.3, 0.4) is 0 Å². The Morgan fingerprint density at radius 3 is 2.66 bits per heavy atom. The van der Waals surface area contributed by atoms with Gasteiger partial charge in [0.1, 0.15) is 23.5 Å². The SMILES string of the molecule is CNC(=O)c1c(Nc2cccc(-c3ncn(C)n3)c2OC)cc(NC(=O)C2CC2)nc1N. The second-order valence-electron chi connectivity index (χ2n) is 7.41. The minimum absolute atomic E-state index is 0.00398. The topological polar surface area (TPSA) is 149 Å². The first-order valence-corrected chi connectivity index (χ1v) is 10.0. The van der Waals surface area contributed by atoms with Crippen LogP contribution in [0.25, 0.3) is 11.4 Å². The molecule has 2 amide bonds. The number of carbonyl (C=O) groups is 2. The standard InChI is InChI=1S/C21H24N8O3/c1-23-21(31)16-14(9-15(26-18(16)22)27-20(30)11-7-8-11)25-13-6-4-5-12(17(13)32-3)19-24-10-29(2)28-19/h4-6,9-11H,7-8H2,1-3H3,(H,23,31)(H4,22,25,26,27,30). The van der Waals surface area contributed by atoms with E-state index >= 15 is 0 Å². The first-order chi connectivity index (χ1) is 15.4. The van der Waals surface area contributed by atoms with Gasteiger partial charge in [-0.05, 0) is 25.0 Å². The third-order valence-corrected chi connectivity index (χ3v) is 5.03. The van der Waals surface area contributed by atoms with E-state index in [1.165, 1.54) is 14.2 Å². The van der Waals surface area contributed by atoms with E-state index in [1.54, 1.807) is 30.2 Å². The molecule has 1 aromatic carbocycles. The number of amides is 2. The molecular weight excluding hydrogens is 412 g/mol. The minimum Gasteiger partial charge on any atom is -0.494 e. The lowest BCUT2D eigenvalue weighted by Crippen LogP contribution is -2.22. The molecule has 4 rings (SSSR count). The van der Waals surface area contributed by atoms with Gasteiger partial charge in [0, 0.05) is 26.1 Å². The summed E-state index contributed by atoms with van der Waals surface area (Å²) in [6, 6.07) is 7.02. The average molecular weight is 436 g/mol. The molecule has 0 unspecified atom stereocenters. The van der Waals surface area contributed by atoms with Gasteiger partial charge in [-0.15, -0.1) is 0 Å². The molecule has 1 saturated carbocycles. The van der Waals surface area contributed by atoms with Crippen LogP contribution in [-0.2, 0) is 11.8 Å². The van der Waals surface area contributed by atoms with Crippen LogP contribution < -0.4 is 26.4 Å². The smallest absolute Gasteiger partial charge is 0.256 e. The van der Waals surface area contributed by atoms with Gasteiger partial charge in [-0.3, -0.25) is 14.3 Å². The Balaban J connectivity index is 1.76. The molecule has 0 radical (unpaired) electrons. The highest BCUT2D eigenvalue weighted by molar-refractivity contribution is 6.05. The lowest BCUT2D eigenvalue weighted by Gasteiger charge is -2.18. The normalized spacial score (nSPS) is 12.8. The van der Waals surface area contributed by atoms with Gasteiger partial charge in [-0.25, -0.2) is 9.97 Å². The van der Waals surface area contributed by atoms with Crippen molar-refractivity contribution in [3.05, 3.63) is 36.2 Å². The molecule has 1 fully saturated rings. The van der Waals surface area contributed by atoms with E-state index in [4.69, 9.17) is 10.5 Å². The summed E-state index contributed by atoms with van der Waals surface area (Å²) in [5, 5.41) is 12.9. The number of methoxy groups -OCH3 is 1. The van der Waals surface area contributed by atoms with E-state index in [0.29, 0.717) is 28.5 Å². The maximum atomic E-state index is 12.5. The molecule has 0 aliphatic heterocycles. The Hall–Kier alpha value is -4.15. The second-order valence-corrected chi connectivity index (χ2v) is 7.41. The van der Waals surface area contributed by atoms with E-state index in [9.17, 15) is 9.59 Å². The molecule has 3 aromatic rings. The van der Waals surface area contributed by atoms with Crippen molar-refractivity contribution in [2.24, 2.45) is 13.0 Å². The molecule has 11 nitrogen and oxygen atoms in total. The summed E-state index contributed by atoms with van der Waals surface area (Å²) in [6.07, 6.45) is 3.31. The molecule has 11 heteroatoms. The summed E-state index contributed by atoms with van der Waals surface area (Å²) in [7, 11) is 4.81. The van der Waals surface area contributed by atoms with Gasteiger partial charge >= 0.3 is 0 Å². The zero-order valence-electron chi connectivity index (χ0n) is 18.0. The fourth-order valence-corrected chi connectivity index (χ4v) is 3.30. The predicted octanol–water partition coefficient (Wildman–Crippen LogP) is 1.92. The molecule has 1 aliphatic rings. The van der Waals surface area contributed by atoms with Crippen molar-refractivity contribution in [3.8, 4) is 17.1 Å². The molecule has 0 atom stereocenters. The average Bonchev–Trinajstić information content (AvgIpc) is 3.54. The zero-order valence-corrected chi connectivity index (χ0v) is 18.0. The number of anilines is 4. The molecule has 32 heavy (non-hydrogen) atoms. The highest BCUT2D eigenvalue weighted by Crippen LogP contribution is 2.38. The third-order valence-electron chi connectivity index (χ3n) is 5.03. The van der Waals surface area contributed by atoms with Crippen LogP contribution in [-0.4, -0.2) is 45.7 Å². The van der Waals surface area contributed by atoms with Crippen molar-refractivity contribution >= 4 is 34.8 Å². The number of aromatic nitrogens is 4. The maximum Gasteiger partial charge on any atom is 0.256 e. The van der Waals surface area contributed by atoms with Crippen LogP contribution in [0.1, 0.15) is 23.2 Å². The number of ether oxygens (including phenoxy) is 1. The van der Waals surface area contributed by atoms with Crippen molar-refractivity contribution in [1.82, 2.24) is 25.1 Å². The number of nitrogen functional groups attached to an aromatic ring is 1. The molecule has 0 bridgehead atoms. The van der Waals surface area contributed by atoms with Gasteiger partial charge in [0.05, 0.1) is 24.0 Å². The van der Waals surface area contributed by atoms with E-state index in [-0.39, 0.29) is 29.0 Å². The van der Waals surface area contributed by atoms with Crippen LogP contribution in [0.15, 0.2) is 30.6 Å². The summed E-state index contributed by atoms with van der Waals surface area (Å²) < 4.78 is 7.23. The van der Waals surface area contributed by atoms with Crippen LogP contribution >= 0.6 is 0 Å². The van der Waals surface area contributed by atoms with Crippen molar-refractivity contribution in [1.29, 1.82) is 0 Å². The van der Waals surface area contributed by atoms with E-state index in [2.05, 4.69) is 31.0 Å². The van der Waals surface area contributed by atoms with Gasteiger partial charge in [-0.2, -0.15) is 5.10 Å². The van der Waals surface area contributed by atoms with E-state index in [1.807, 2.05) is 12.1 Å². The molecule has 5 N–H and O–H groups in total. The fraction of sp³-hybridized carbons (Fsp3) is 0.286. The Morgan fingerprint density at radius 1 is 1.25 bits per heavy atom. The Morgan fingerprint density at radius 2 is 2.03 bits per heavy atom. The number of benzene rings is 1. The summed E-state index contributed by atoms with van der Waals surface area (Å²) in [5.41, 5.74) is 7.85. The predicted molar refractivity (Wildman–Crippen MR) is 120 cm³/mol. The van der Waals surface area contributed by atoms with Crippen LogP contribution in [0.5, 0.6) is 5.75 Å². The number of nitrogens with two attached hydrogens (primary N) is 1. The van der Waals surface area contributed by atoms with Crippen molar-refractivity contribution in [2.75, 3.05) is 30.5 Å². The number of aryl methyl sites for hydroxylation is 1. The lowest BCUT2D eigenvalue weighted by atomic mass is 10.1. The molecule has 166 valence electrons. The number of para-hydroxylation sites is 1. The van der Waals surface area contributed by atoms with Crippen LogP contribution in [0.4, 0.5) is 23.0 Å².